The van der Waals surface area contributed by atoms with E-state index in [2.05, 4.69) is 29.9 Å². The van der Waals surface area contributed by atoms with Gasteiger partial charge in [-0.25, -0.2) is 0 Å². The molecule has 2 aromatic rings. The first kappa shape index (κ1) is 19.5. The lowest BCUT2D eigenvalue weighted by molar-refractivity contribution is 0.633. The Kier molecular flexibility index (Phi) is 5.73. The average molecular weight is 360 g/mol. The van der Waals surface area contributed by atoms with E-state index in [0.29, 0.717) is 35.4 Å². The van der Waals surface area contributed by atoms with Gasteiger partial charge in [0.15, 0.2) is 0 Å². The van der Waals surface area contributed by atoms with Crippen molar-refractivity contribution < 1.29 is 0 Å². The Morgan fingerprint density at radius 2 is 0.846 bits per heavy atom. The van der Waals surface area contributed by atoms with Crippen LogP contribution in [0, 0.1) is 13.8 Å². The van der Waals surface area contributed by atoms with Gasteiger partial charge in [0.25, 0.3) is 0 Å². The minimum atomic E-state index is -0.0800. The zero-order valence-corrected chi connectivity index (χ0v) is 17.0. The molecule has 0 fully saturated rings. The number of hydrogen-bond acceptors (Lipinski definition) is 10. The topological polar surface area (TPSA) is 90.3 Å². The molecule has 0 saturated heterocycles. The van der Waals surface area contributed by atoms with Gasteiger partial charge in [0.05, 0.1) is 0 Å². The fourth-order valence-corrected chi connectivity index (χ4v) is 2.22. The molecule has 0 amide bonds. The lowest BCUT2D eigenvalue weighted by Gasteiger charge is -2.33. The molecular formula is C16H28N10. The van der Waals surface area contributed by atoms with Crippen molar-refractivity contribution in [2.75, 3.05) is 61.9 Å². The third-order valence-electron chi connectivity index (χ3n) is 4.00. The van der Waals surface area contributed by atoms with Crippen LogP contribution in [0.1, 0.15) is 18.6 Å². The van der Waals surface area contributed by atoms with Crippen LogP contribution in [0.25, 0.3) is 0 Å². The van der Waals surface area contributed by atoms with Crippen molar-refractivity contribution in [2.24, 2.45) is 0 Å². The molecule has 0 N–H and O–H groups in total. The Balaban J connectivity index is 2.32. The fraction of sp³-hybridized carbons (Fsp3) is 0.625. The van der Waals surface area contributed by atoms with Gasteiger partial charge >= 0.3 is 0 Å². The summed E-state index contributed by atoms with van der Waals surface area (Å²) in [5, 5.41) is 0. The molecule has 2 aromatic heterocycles. The van der Waals surface area contributed by atoms with E-state index < -0.39 is 0 Å². The summed E-state index contributed by atoms with van der Waals surface area (Å²) in [4.78, 5) is 34.3. The van der Waals surface area contributed by atoms with E-state index in [1.165, 1.54) is 0 Å². The number of rotatable bonds is 6. The second-order valence-electron chi connectivity index (χ2n) is 6.61. The van der Waals surface area contributed by atoms with Crippen LogP contribution in [0.4, 0.5) is 23.8 Å². The van der Waals surface area contributed by atoms with E-state index in [1.807, 2.05) is 82.7 Å². The van der Waals surface area contributed by atoms with Crippen molar-refractivity contribution in [3.8, 4) is 0 Å². The van der Waals surface area contributed by atoms with Crippen LogP contribution >= 0.6 is 0 Å². The maximum Gasteiger partial charge on any atom is 0.231 e. The molecule has 0 bridgehead atoms. The second-order valence-corrected chi connectivity index (χ2v) is 6.61. The van der Waals surface area contributed by atoms with Crippen LogP contribution in [-0.2, 0) is 0 Å². The van der Waals surface area contributed by atoms with Crippen molar-refractivity contribution in [1.29, 1.82) is 0 Å². The van der Waals surface area contributed by atoms with Crippen molar-refractivity contribution >= 4 is 23.8 Å². The van der Waals surface area contributed by atoms with Gasteiger partial charge in [0, 0.05) is 42.3 Å². The molecular weight excluding hydrogens is 332 g/mol. The number of nitrogens with zero attached hydrogens (tertiary/aromatic N) is 10. The average Bonchev–Trinajstić information content (AvgIpc) is 2.58. The Labute approximate surface area is 154 Å². The van der Waals surface area contributed by atoms with Gasteiger partial charge in [-0.2, -0.15) is 29.9 Å². The summed E-state index contributed by atoms with van der Waals surface area (Å²) in [6.07, 6.45) is -0.0800. The first-order valence-electron chi connectivity index (χ1n) is 8.35. The van der Waals surface area contributed by atoms with Crippen LogP contribution in [-0.4, -0.2) is 78.4 Å². The van der Waals surface area contributed by atoms with Gasteiger partial charge < -0.3 is 19.6 Å². The molecule has 0 aliphatic carbocycles. The summed E-state index contributed by atoms with van der Waals surface area (Å²) in [6, 6.07) is 0. The van der Waals surface area contributed by atoms with Gasteiger partial charge in [0.1, 0.15) is 17.8 Å². The Hall–Kier alpha value is -2.78. The minimum absolute atomic E-state index is 0.0800. The summed E-state index contributed by atoms with van der Waals surface area (Å²) in [7, 11) is 11.5. The van der Waals surface area contributed by atoms with Crippen molar-refractivity contribution in [3.05, 3.63) is 11.6 Å². The Morgan fingerprint density at radius 1 is 0.538 bits per heavy atom. The molecule has 2 rings (SSSR count). The summed E-state index contributed by atoms with van der Waals surface area (Å²) < 4.78 is 0. The molecule has 142 valence electrons. The second kappa shape index (κ2) is 7.63. The molecule has 0 radical (unpaired) electrons. The molecule has 0 aromatic carbocycles. The third-order valence-corrected chi connectivity index (χ3v) is 4.00. The normalized spacial score (nSPS) is 10.8. The van der Waals surface area contributed by atoms with Crippen LogP contribution in [0.15, 0.2) is 0 Å². The predicted molar refractivity (Wildman–Crippen MR) is 104 cm³/mol. The predicted octanol–water partition coefficient (Wildman–Crippen LogP) is 0.724. The van der Waals surface area contributed by atoms with Crippen LogP contribution in [0.3, 0.4) is 0 Å². The lowest BCUT2D eigenvalue weighted by Crippen LogP contribution is -2.44. The number of hydrogen-bond donors (Lipinski definition) is 0. The van der Waals surface area contributed by atoms with E-state index in [0.717, 1.165) is 0 Å². The summed E-state index contributed by atoms with van der Waals surface area (Å²) in [6.45, 7) is 5.76. The summed E-state index contributed by atoms with van der Waals surface area (Å²) in [5.41, 5.74) is 0. The molecule has 10 nitrogen and oxygen atoms in total. The monoisotopic (exact) mass is 360 g/mol. The first-order valence-corrected chi connectivity index (χ1v) is 8.35. The van der Waals surface area contributed by atoms with E-state index >= 15 is 0 Å². The molecule has 0 aliphatic rings. The molecule has 2 heterocycles. The minimum Gasteiger partial charge on any atom is -0.347 e. The molecule has 10 heteroatoms. The summed E-state index contributed by atoms with van der Waals surface area (Å²) >= 11 is 0. The molecule has 0 atom stereocenters. The van der Waals surface area contributed by atoms with Crippen molar-refractivity contribution in [1.82, 2.24) is 29.9 Å². The molecule has 0 spiro atoms. The highest BCUT2D eigenvalue weighted by atomic mass is 15.4. The highest BCUT2D eigenvalue weighted by molar-refractivity contribution is 5.43. The standard InChI is InChI=1S/C16H28N10/c1-10-17-13(23(4)5)21-15(19-10)25(8)12(3)26(9)16-20-11(2)18-14(22-16)24(6)7/h12H,1-9H3. The number of aromatic nitrogens is 6. The SMILES string of the molecule is Cc1nc(N(C)C)nc(N(C)C(C)N(C)c2nc(C)nc(N(C)C)n2)n1. The van der Waals surface area contributed by atoms with E-state index in [-0.39, 0.29) is 6.17 Å². The molecule has 0 aliphatic heterocycles. The highest BCUT2D eigenvalue weighted by Crippen LogP contribution is 2.18. The third kappa shape index (κ3) is 4.24. The smallest absolute Gasteiger partial charge is 0.231 e. The largest absolute Gasteiger partial charge is 0.347 e. The molecule has 26 heavy (non-hydrogen) atoms. The van der Waals surface area contributed by atoms with Crippen LogP contribution in [0.2, 0.25) is 0 Å². The zero-order chi connectivity index (χ0) is 19.6. The van der Waals surface area contributed by atoms with Crippen molar-refractivity contribution in [3.63, 3.8) is 0 Å². The lowest BCUT2D eigenvalue weighted by atomic mass is 10.4. The zero-order valence-electron chi connectivity index (χ0n) is 17.0. The van der Waals surface area contributed by atoms with Crippen LogP contribution in [0.5, 0.6) is 0 Å². The Morgan fingerprint density at radius 3 is 1.15 bits per heavy atom. The fourth-order valence-electron chi connectivity index (χ4n) is 2.22. The van der Waals surface area contributed by atoms with Crippen molar-refractivity contribution in [2.45, 2.75) is 26.9 Å². The highest BCUT2D eigenvalue weighted by Gasteiger charge is 2.22. The van der Waals surface area contributed by atoms with Gasteiger partial charge in [-0.1, -0.05) is 0 Å². The Bertz CT molecular complexity index is 697. The first-order chi connectivity index (χ1) is 12.1. The van der Waals surface area contributed by atoms with Crippen LogP contribution < -0.4 is 19.6 Å². The molecule has 0 unspecified atom stereocenters. The van der Waals surface area contributed by atoms with E-state index in [1.54, 1.807) is 0 Å². The van der Waals surface area contributed by atoms with E-state index in [4.69, 9.17) is 0 Å². The van der Waals surface area contributed by atoms with Gasteiger partial charge in [-0.3, -0.25) is 0 Å². The quantitative estimate of drug-likeness (QED) is 0.686. The van der Waals surface area contributed by atoms with Gasteiger partial charge in [-0.05, 0) is 20.8 Å². The molecule has 0 saturated carbocycles. The maximum absolute atomic E-state index is 4.54. The van der Waals surface area contributed by atoms with E-state index in [9.17, 15) is 0 Å². The number of aryl methyl sites for hydroxylation is 2. The summed E-state index contributed by atoms with van der Waals surface area (Å²) in [5.74, 6) is 3.79. The maximum atomic E-state index is 4.54. The van der Waals surface area contributed by atoms with Gasteiger partial charge in [0.2, 0.25) is 23.8 Å². The number of anilines is 4. The van der Waals surface area contributed by atoms with Gasteiger partial charge in [-0.15, -0.1) is 0 Å².